The Hall–Kier alpha value is -2.82. The molecular weight excluding hydrogens is 294 g/mol. The summed E-state index contributed by atoms with van der Waals surface area (Å²) in [5.41, 5.74) is 2.04. The summed E-state index contributed by atoms with van der Waals surface area (Å²) in [5, 5.41) is 0. The van der Waals surface area contributed by atoms with E-state index in [1.165, 1.54) is 26.0 Å². The molecule has 0 N–H and O–H groups in total. The highest BCUT2D eigenvalue weighted by molar-refractivity contribution is 6.22. The van der Waals surface area contributed by atoms with E-state index in [-0.39, 0.29) is 11.8 Å². The van der Waals surface area contributed by atoms with Gasteiger partial charge in [-0.05, 0) is 5.56 Å². The van der Waals surface area contributed by atoms with E-state index in [4.69, 9.17) is 9.47 Å². The third kappa shape index (κ3) is 2.34. The highest BCUT2D eigenvalue weighted by Crippen LogP contribution is 2.48. The van der Waals surface area contributed by atoms with Crippen LogP contribution in [0.5, 0.6) is 11.5 Å². The molecule has 2 aromatic carbocycles. The summed E-state index contributed by atoms with van der Waals surface area (Å²) in [6, 6.07) is 12.8. The summed E-state index contributed by atoms with van der Waals surface area (Å²) >= 11 is 0. The number of ether oxygens (including phenoxy) is 2. The quantitative estimate of drug-likeness (QED) is 0.874. The Balaban J connectivity index is 2.27. The third-order valence-corrected chi connectivity index (χ3v) is 3.99. The molecule has 118 valence electrons. The van der Waals surface area contributed by atoms with Crippen molar-refractivity contribution in [2.24, 2.45) is 0 Å². The van der Waals surface area contributed by atoms with Crippen LogP contribution < -0.4 is 14.4 Å². The number of carbonyl (C=O) groups is 2. The highest BCUT2D eigenvalue weighted by atomic mass is 16.5. The lowest BCUT2D eigenvalue weighted by atomic mass is 9.92. The molecule has 0 fully saturated rings. The Bertz CT molecular complexity index is 770. The molecule has 0 aromatic heterocycles. The van der Waals surface area contributed by atoms with Crippen molar-refractivity contribution in [2.45, 2.75) is 12.8 Å². The van der Waals surface area contributed by atoms with Crippen LogP contribution in [0.1, 0.15) is 24.0 Å². The molecule has 0 bridgehead atoms. The molecule has 0 saturated heterocycles. The van der Waals surface area contributed by atoms with Gasteiger partial charge < -0.3 is 9.47 Å². The van der Waals surface area contributed by atoms with E-state index in [2.05, 4.69) is 0 Å². The minimum absolute atomic E-state index is 0.273. The number of imide groups is 1. The summed E-state index contributed by atoms with van der Waals surface area (Å²) in [7, 11) is 3.07. The largest absolute Gasteiger partial charge is 0.497 e. The van der Waals surface area contributed by atoms with Gasteiger partial charge in [-0.2, -0.15) is 0 Å². The molecule has 5 heteroatoms. The molecule has 2 amide bonds. The van der Waals surface area contributed by atoms with Gasteiger partial charge in [0.15, 0.2) is 0 Å². The Morgan fingerprint density at radius 3 is 2.35 bits per heavy atom. The molecule has 1 aliphatic rings. The minimum Gasteiger partial charge on any atom is -0.497 e. The first kappa shape index (κ1) is 15.1. The number of hydrogen-bond acceptors (Lipinski definition) is 4. The van der Waals surface area contributed by atoms with Crippen molar-refractivity contribution in [2.75, 3.05) is 19.1 Å². The normalized spacial score (nSPS) is 16.2. The maximum Gasteiger partial charge on any atom is 0.245 e. The first-order chi connectivity index (χ1) is 11.1. The van der Waals surface area contributed by atoms with Gasteiger partial charge in [0.25, 0.3) is 0 Å². The Morgan fingerprint density at radius 1 is 1.09 bits per heavy atom. The summed E-state index contributed by atoms with van der Waals surface area (Å²) in [5.74, 6) is -0.0927. The Labute approximate surface area is 134 Å². The number of rotatable bonds is 3. The average molecular weight is 311 g/mol. The molecule has 0 spiro atoms. The van der Waals surface area contributed by atoms with Crippen LogP contribution in [-0.2, 0) is 9.59 Å². The van der Waals surface area contributed by atoms with E-state index < -0.39 is 5.92 Å². The zero-order valence-electron chi connectivity index (χ0n) is 13.2. The fourth-order valence-electron chi connectivity index (χ4n) is 3.00. The first-order valence-electron chi connectivity index (χ1n) is 7.24. The summed E-state index contributed by atoms with van der Waals surface area (Å²) < 4.78 is 10.7. The molecule has 1 atom stereocenters. The molecule has 0 aliphatic carbocycles. The topological polar surface area (TPSA) is 55.8 Å². The van der Waals surface area contributed by atoms with Gasteiger partial charge in [-0.1, -0.05) is 30.3 Å². The van der Waals surface area contributed by atoms with Crippen molar-refractivity contribution in [3.63, 3.8) is 0 Å². The standard InChI is InChI=1S/C18H17NO4/c1-11(20)19-14-9-13(22-2)10-15(23-3)17(14)16(18(19)21)12-7-5-4-6-8-12/h4-10,16H,1-3H3. The predicted octanol–water partition coefficient (Wildman–Crippen LogP) is 2.73. The van der Waals surface area contributed by atoms with Crippen LogP contribution in [0, 0.1) is 0 Å². The van der Waals surface area contributed by atoms with E-state index in [9.17, 15) is 9.59 Å². The van der Waals surface area contributed by atoms with Gasteiger partial charge in [0, 0.05) is 24.6 Å². The zero-order chi connectivity index (χ0) is 16.6. The van der Waals surface area contributed by atoms with Crippen molar-refractivity contribution in [1.82, 2.24) is 0 Å². The van der Waals surface area contributed by atoms with E-state index in [1.54, 1.807) is 12.1 Å². The van der Waals surface area contributed by atoms with Gasteiger partial charge in [-0.15, -0.1) is 0 Å². The number of amides is 2. The number of anilines is 1. The lowest BCUT2D eigenvalue weighted by Gasteiger charge is -2.14. The van der Waals surface area contributed by atoms with E-state index in [0.717, 1.165) is 5.56 Å². The first-order valence-corrected chi connectivity index (χ1v) is 7.24. The van der Waals surface area contributed by atoms with Gasteiger partial charge in [0.1, 0.15) is 11.5 Å². The predicted molar refractivity (Wildman–Crippen MR) is 86.0 cm³/mol. The fourth-order valence-corrected chi connectivity index (χ4v) is 3.00. The summed E-state index contributed by atoms with van der Waals surface area (Å²) in [4.78, 5) is 26.1. The van der Waals surface area contributed by atoms with Crippen LogP contribution in [0.2, 0.25) is 0 Å². The second-order valence-electron chi connectivity index (χ2n) is 5.30. The molecule has 3 rings (SSSR count). The van der Waals surface area contributed by atoms with Gasteiger partial charge in [0.2, 0.25) is 11.8 Å². The SMILES string of the molecule is COc1cc(OC)c2c(c1)N(C(C)=O)C(=O)C2c1ccccc1. The number of benzene rings is 2. The lowest BCUT2D eigenvalue weighted by Crippen LogP contribution is -2.33. The molecule has 1 unspecified atom stereocenters. The van der Waals surface area contributed by atoms with Gasteiger partial charge in [0.05, 0.1) is 25.8 Å². The van der Waals surface area contributed by atoms with Crippen molar-refractivity contribution in [1.29, 1.82) is 0 Å². The molecule has 0 saturated carbocycles. The maximum atomic E-state index is 12.9. The summed E-state index contributed by atoms with van der Waals surface area (Å²) in [6.07, 6.45) is 0. The van der Waals surface area contributed by atoms with E-state index >= 15 is 0 Å². The molecule has 23 heavy (non-hydrogen) atoms. The van der Waals surface area contributed by atoms with Crippen LogP contribution in [0.4, 0.5) is 5.69 Å². The van der Waals surface area contributed by atoms with Crippen LogP contribution in [0.25, 0.3) is 0 Å². The molecular formula is C18H17NO4. The molecule has 5 nitrogen and oxygen atoms in total. The van der Waals surface area contributed by atoms with Crippen LogP contribution in [-0.4, -0.2) is 26.0 Å². The highest BCUT2D eigenvalue weighted by Gasteiger charge is 2.43. The number of carbonyl (C=O) groups excluding carboxylic acids is 2. The second-order valence-corrected chi connectivity index (χ2v) is 5.30. The number of methoxy groups -OCH3 is 2. The average Bonchev–Trinajstić information content (AvgIpc) is 2.86. The van der Waals surface area contributed by atoms with Crippen molar-refractivity contribution in [3.8, 4) is 11.5 Å². The zero-order valence-corrected chi connectivity index (χ0v) is 13.2. The number of hydrogen-bond donors (Lipinski definition) is 0. The monoisotopic (exact) mass is 311 g/mol. The van der Waals surface area contributed by atoms with Gasteiger partial charge in [-0.25, -0.2) is 4.90 Å². The van der Waals surface area contributed by atoms with E-state index in [0.29, 0.717) is 22.7 Å². The number of nitrogens with zero attached hydrogens (tertiary/aromatic N) is 1. The fraction of sp³-hybridized carbons (Fsp3) is 0.222. The maximum absolute atomic E-state index is 12.9. The van der Waals surface area contributed by atoms with Crippen molar-refractivity contribution >= 4 is 17.5 Å². The molecule has 1 heterocycles. The lowest BCUT2D eigenvalue weighted by molar-refractivity contribution is -0.125. The van der Waals surface area contributed by atoms with Gasteiger partial charge >= 0.3 is 0 Å². The second kappa shape index (κ2) is 5.76. The molecule has 2 aromatic rings. The molecule has 1 aliphatic heterocycles. The van der Waals surface area contributed by atoms with Crippen LogP contribution >= 0.6 is 0 Å². The van der Waals surface area contributed by atoms with Crippen molar-refractivity contribution < 1.29 is 19.1 Å². The Kier molecular flexibility index (Phi) is 3.78. The number of fused-ring (bicyclic) bond motifs is 1. The molecule has 0 radical (unpaired) electrons. The van der Waals surface area contributed by atoms with Crippen LogP contribution in [0.3, 0.4) is 0 Å². The third-order valence-electron chi connectivity index (χ3n) is 3.99. The van der Waals surface area contributed by atoms with Crippen molar-refractivity contribution in [3.05, 3.63) is 53.6 Å². The van der Waals surface area contributed by atoms with Crippen LogP contribution in [0.15, 0.2) is 42.5 Å². The smallest absolute Gasteiger partial charge is 0.245 e. The summed E-state index contributed by atoms with van der Waals surface area (Å²) in [6.45, 7) is 1.38. The van der Waals surface area contributed by atoms with E-state index in [1.807, 2.05) is 30.3 Å². The van der Waals surface area contributed by atoms with Gasteiger partial charge in [-0.3, -0.25) is 9.59 Å². The Morgan fingerprint density at radius 2 is 1.78 bits per heavy atom. The minimum atomic E-state index is -0.559.